The van der Waals surface area contributed by atoms with Gasteiger partial charge in [0.1, 0.15) is 18.9 Å². The highest BCUT2D eigenvalue weighted by molar-refractivity contribution is 5.43. The predicted molar refractivity (Wildman–Crippen MR) is 153 cm³/mol. The van der Waals surface area contributed by atoms with Crippen LogP contribution in [0.1, 0.15) is 67.5 Å². The Labute approximate surface area is 229 Å². The quantitative estimate of drug-likeness (QED) is 0.167. The van der Waals surface area contributed by atoms with Crippen LogP contribution in [0.2, 0.25) is 0 Å². The third kappa shape index (κ3) is 6.29. The maximum Gasteiger partial charge on any atom is 0.109 e. The van der Waals surface area contributed by atoms with Crippen LogP contribution in [0.15, 0.2) is 0 Å². The normalized spacial score (nSPS) is 26.4. The molecule has 3 heterocycles. The van der Waals surface area contributed by atoms with Gasteiger partial charge in [-0.2, -0.15) is 0 Å². The lowest BCUT2D eigenvalue weighted by atomic mass is 9.71. The minimum Gasteiger partial charge on any atom is -0.348 e. The predicted octanol–water partition coefficient (Wildman–Crippen LogP) is -0.295. The Kier molecular flexibility index (Phi) is 9.45. The summed E-state index contributed by atoms with van der Waals surface area (Å²) in [7, 11) is 0. The van der Waals surface area contributed by atoms with Crippen molar-refractivity contribution in [2.24, 2.45) is 58.1 Å². The number of likely N-dealkylation sites (tertiary alicyclic amines) is 2. The van der Waals surface area contributed by atoms with Gasteiger partial charge in [-0.05, 0) is 112 Å². The molecular formula is C28H54N10. The van der Waals surface area contributed by atoms with E-state index in [1.807, 2.05) is 0 Å². The van der Waals surface area contributed by atoms with Gasteiger partial charge in [-0.3, -0.25) is 15.1 Å². The van der Waals surface area contributed by atoms with Crippen LogP contribution in [0.5, 0.6) is 0 Å². The number of nitrogens with one attached hydrogen (secondary N) is 1. The maximum absolute atomic E-state index is 5.96. The summed E-state index contributed by atoms with van der Waals surface area (Å²) in [5.41, 5.74) is 42.0. The molecule has 4 aliphatic rings. The Hall–Kier alpha value is -1.08. The molecule has 0 spiro atoms. The number of nitrogens with zero attached hydrogens (tertiary/aromatic N) is 3. The van der Waals surface area contributed by atoms with Gasteiger partial charge in [-0.1, -0.05) is 0 Å². The molecule has 38 heavy (non-hydrogen) atoms. The van der Waals surface area contributed by atoms with E-state index in [0.29, 0.717) is 0 Å². The van der Waals surface area contributed by atoms with Crippen molar-refractivity contribution in [2.75, 3.05) is 32.7 Å². The van der Waals surface area contributed by atoms with Gasteiger partial charge < -0.3 is 39.0 Å². The highest BCUT2D eigenvalue weighted by Gasteiger charge is 2.38. The minimum absolute atomic E-state index is 0.317. The van der Waals surface area contributed by atoms with Gasteiger partial charge in [0.05, 0.1) is 0 Å². The first-order chi connectivity index (χ1) is 18.3. The number of hydrogen-bond donors (Lipinski definition) is 7. The molecule has 0 radical (unpaired) electrons. The molecule has 0 aromatic carbocycles. The highest BCUT2D eigenvalue weighted by atomic mass is 15.3. The van der Waals surface area contributed by atoms with E-state index >= 15 is 0 Å². The summed E-state index contributed by atoms with van der Waals surface area (Å²) < 4.78 is 2.72. The lowest BCUT2D eigenvalue weighted by Crippen LogP contribution is -2.52. The molecule has 216 valence electrons. The van der Waals surface area contributed by atoms with Crippen molar-refractivity contribution in [1.29, 1.82) is 0 Å². The Bertz CT molecular complexity index is 832. The van der Waals surface area contributed by atoms with Crippen LogP contribution in [0.3, 0.4) is 0 Å². The zero-order valence-electron chi connectivity index (χ0n) is 23.4. The zero-order valence-corrected chi connectivity index (χ0v) is 23.4. The molecule has 0 amide bonds. The van der Waals surface area contributed by atoms with Gasteiger partial charge in [0.25, 0.3) is 0 Å². The van der Waals surface area contributed by atoms with Crippen molar-refractivity contribution in [3.63, 3.8) is 0 Å². The molecule has 10 nitrogen and oxygen atoms in total. The van der Waals surface area contributed by atoms with Gasteiger partial charge >= 0.3 is 0 Å². The van der Waals surface area contributed by atoms with E-state index in [1.54, 1.807) is 22.5 Å². The van der Waals surface area contributed by atoms with Crippen molar-refractivity contribution in [1.82, 2.24) is 19.7 Å². The highest BCUT2D eigenvalue weighted by Crippen LogP contribution is 2.44. The first-order valence-electron chi connectivity index (χ1n) is 15.3. The monoisotopic (exact) mass is 530 g/mol. The van der Waals surface area contributed by atoms with E-state index in [4.69, 9.17) is 34.4 Å². The summed E-state index contributed by atoms with van der Waals surface area (Å²) in [6, 6.07) is 0. The molecule has 13 N–H and O–H groups in total. The average Bonchev–Trinajstić information content (AvgIpc) is 3.23. The van der Waals surface area contributed by atoms with E-state index in [2.05, 4.69) is 19.7 Å². The van der Waals surface area contributed by atoms with Crippen LogP contribution in [0.4, 0.5) is 0 Å². The molecule has 2 fully saturated rings. The van der Waals surface area contributed by atoms with E-state index in [0.717, 1.165) is 69.4 Å². The smallest absolute Gasteiger partial charge is 0.109 e. The van der Waals surface area contributed by atoms with Crippen LogP contribution >= 0.6 is 0 Å². The standard InChI is InChI=1S/C28H54N10/c29-26(30)35-10-1-11-38-24-4-2-20(18-6-12-36(13-7-18)27(31)32)16-22(24)23-17-21(3-5-25(23)38)19-8-14-37(15-9-19)28(33)34/h18-21,26-28,35H,1-17,29-34H2. The average molecular weight is 531 g/mol. The molecular weight excluding hydrogens is 476 g/mol. The SMILES string of the molecule is NC(N)NCCCn1c2c(c3c1CCC(C1CCN(C(N)N)CC1)C3)CC(C1CCN(C(N)N)CC1)CC2. The van der Waals surface area contributed by atoms with E-state index in [1.165, 1.54) is 64.2 Å². The second-order valence-corrected chi connectivity index (χ2v) is 12.6. The fourth-order valence-corrected chi connectivity index (χ4v) is 8.22. The summed E-state index contributed by atoms with van der Waals surface area (Å²) in [6.45, 7) is 6.06. The molecule has 2 aliphatic carbocycles. The van der Waals surface area contributed by atoms with E-state index in [-0.39, 0.29) is 12.6 Å². The molecule has 1 aromatic heterocycles. The first kappa shape index (κ1) is 28.4. The fourth-order valence-electron chi connectivity index (χ4n) is 8.22. The van der Waals surface area contributed by atoms with Gasteiger partial charge in [0.2, 0.25) is 0 Å². The summed E-state index contributed by atoms with van der Waals surface area (Å²) in [5, 5.41) is 3.19. The minimum atomic E-state index is -0.440. The number of fused-ring (bicyclic) bond motifs is 3. The molecule has 0 saturated carbocycles. The summed E-state index contributed by atoms with van der Waals surface area (Å²) >= 11 is 0. The molecule has 2 atom stereocenters. The summed E-state index contributed by atoms with van der Waals surface area (Å²) in [6.07, 6.45) is 12.4. The second kappa shape index (κ2) is 12.6. The van der Waals surface area contributed by atoms with Crippen LogP contribution in [0.25, 0.3) is 0 Å². The number of rotatable bonds is 9. The van der Waals surface area contributed by atoms with Crippen LogP contribution < -0.4 is 39.7 Å². The third-order valence-electron chi connectivity index (χ3n) is 10.4. The lowest BCUT2D eigenvalue weighted by Gasteiger charge is -2.40. The largest absolute Gasteiger partial charge is 0.348 e. The summed E-state index contributed by atoms with van der Waals surface area (Å²) in [5.74, 6) is 3.14. The van der Waals surface area contributed by atoms with E-state index in [9.17, 15) is 0 Å². The zero-order chi connectivity index (χ0) is 26.8. The molecule has 1 aromatic rings. The van der Waals surface area contributed by atoms with Crippen molar-refractivity contribution < 1.29 is 0 Å². The second-order valence-electron chi connectivity index (χ2n) is 12.6. The fraction of sp³-hybridized carbons (Fsp3) is 0.857. The number of piperidine rings is 2. The van der Waals surface area contributed by atoms with Gasteiger partial charge in [0, 0.05) is 44.1 Å². The Morgan fingerprint density at radius 1 is 0.632 bits per heavy atom. The lowest BCUT2D eigenvalue weighted by molar-refractivity contribution is 0.105. The molecule has 2 saturated heterocycles. The molecule has 5 rings (SSSR count). The molecule has 10 heteroatoms. The van der Waals surface area contributed by atoms with Gasteiger partial charge in [0.15, 0.2) is 0 Å². The molecule has 0 bridgehead atoms. The van der Waals surface area contributed by atoms with Gasteiger partial charge in [-0.15, -0.1) is 0 Å². The van der Waals surface area contributed by atoms with Crippen molar-refractivity contribution in [2.45, 2.75) is 96.0 Å². The van der Waals surface area contributed by atoms with Crippen molar-refractivity contribution in [3.8, 4) is 0 Å². The van der Waals surface area contributed by atoms with Crippen LogP contribution in [-0.2, 0) is 32.2 Å². The van der Waals surface area contributed by atoms with Crippen molar-refractivity contribution in [3.05, 3.63) is 22.5 Å². The topological polar surface area (TPSA) is 180 Å². The Balaban J connectivity index is 1.31. The van der Waals surface area contributed by atoms with Crippen molar-refractivity contribution >= 4 is 0 Å². The van der Waals surface area contributed by atoms with Crippen LogP contribution in [0, 0.1) is 23.7 Å². The Morgan fingerprint density at radius 2 is 1.08 bits per heavy atom. The van der Waals surface area contributed by atoms with Gasteiger partial charge in [-0.25, -0.2) is 0 Å². The molecule has 2 aliphatic heterocycles. The van der Waals surface area contributed by atoms with Crippen LogP contribution in [-0.4, -0.2) is 66.0 Å². The number of nitrogens with two attached hydrogens (primary N) is 6. The first-order valence-corrected chi connectivity index (χ1v) is 15.3. The van der Waals surface area contributed by atoms with E-state index < -0.39 is 6.29 Å². The third-order valence-corrected chi connectivity index (χ3v) is 10.4. The number of aromatic nitrogens is 1. The maximum atomic E-state index is 5.96. The number of hydrogen-bond acceptors (Lipinski definition) is 9. The summed E-state index contributed by atoms with van der Waals surface area (Å²) in [4.78, 5) is 4.47. The molecule has 2 unspecified atom stereocenters. The Morgan fingerprint density at radius 3 is 1.47 bits per heavy atom.